The number of fused-ring (bicyclic) bond motifs is 10. The first kappa shape index (κ1) is 83.2. The number of para-hydroxylation sites is 3. The van der Waals surface area contributed by atoms with Gasteiger partial charge in [0.25, 0.3) is 0 Å². The Morgan fingerprint density at radius 2 is 0.507 bits per heavy atom. The number of thiophene rings is 1. The number of aromatic nitrogens is 11. The van der Waals surface area contributed by atoms with Crippen molar-refractivity contribution in [3.63, 3.8) is 0 Å². The van der Waals surface area contributed by atoms with Crippen molar-refractivity contribution in [2.24, 2.45) is 0 Å². The molecule has 0 N–H and O–H groups in total. The normalized spacial score (nSPS) is 13.0. The molecule has 7 heterocycles. The van der Waals surface area contributed by atoms with E-state index in [2.05, 4.69) is 363 Å². The summed E-state index contributed by atoms with van der Waals surface area (Å²) in [5.74, 6) is 4.74. The molecule has 146 heavy (non-hydrogen) atoms. The minimum absolute atomic E-state index is 0.122. The predicted molar refractivity (Wildman–Crippen MR) is 609 cm³/mol. The minimum atomic E-state index is -0.137. The Bertz CT molecular complexity index is 10700. The van der Waals surface area contributed by atoms with E-state index in [1.165, 1.54) is 177 Å². The average Bonchev–Trinajstić information content (AvgIpc) is 1.49. The van der Waals surface area contributed by atoms with E-state index in [1.54, 1.807) is 0 Å². The molecule has 11 nitrogen and oxygen atoms in total. The van der Waals surface area contributed by atoms with Gasteiger partial charge in [-0.2, -0.15) is 0 Å². The molecule has 23 aromatic carbocycles. The van der Waals surface area contributed by atoms with Crippen LogP contribution in [0, 0.1) is 0 Å². The van der Waals surface area contributed by atoms with E-state index in [1.807, 2.05) is 133 Å². The van der Waals surface area contributed by atoms with Crippen LogP contribution in [0.5, 0.6) is 0 Å². The van der Waals surface area contributed by atoms with Gasteiger partial charge in [-0.05, 0) is 193 Å². The SMILES string of the molecule is CC1(C)c2cccc3c4ccccc4c4cccc5c4c4c(c1ccc4n5-c1cccc(-c4nc(-c5ccccc5)nc(-c5ccccc5)n4)c1)c23.CC1(C)c2cccc3c4ccccc4c4cccc5c4c4c(c1ccc4n5-c1ccccc1-c1nc(-c4ccccc4)nc(-c4ccccc4)n1)c23.c1ccc(-c2nc3ccccc3nc2-n2c3cccc4c5ccccc5c5cccc6sc7ccc2c(c7c65)c43)cc1. The maximum absolute atomic E-state index is 5.34. The molecule has 682 valence electrons. The van der Waals surface area contributed by atoms with Gasteiger partial charge < -0.3 is 9.13 Å². The Labute approximate surface area is 842 Å². The number of rotatable bonds is 10. The Kier molecular flexibility index (Phi) is 18.2. The molecule has 0 bridgehead atoms. The van der Waals surface area contributed by atoms with Crippen LogP contribution in [0.1, 0.15) is 49.9 Å². The zero-order valence-electron chi connectivity index (χ0n) is 80.0. The van der Waals surface area contributed by atoms with Gasteiger partial charge in [0.2, 0.25) is 0 Å². The van der Waals surface area contributed by atoms with Crippen LogP contribution in [-0.2, 0) is 10.8 Å². The summed E-state index contributed by atoms with van der Waals surface area (Å²) in [4.78, 5) is 41.0. The molecule has 0 saturated heterocycles. The average molecular weight is 1880 g/mol. The van der Waals surface area contributed by atoms with Crippen molar-refractivity contribution in [2.75, 3.05) is 0 Å². The lowest BCUT2D eigenvalue weighted by Crippen LogP contribution is -2.15. The first-order chi connectivity index (χ1) is 72.0. The van der Waals surface area contributed by atoms with Crippen molar-refractivity contribution in [1.29, 1.82) is 0 Å². The van der Waals surface area contributed by atoms with E-state index < -0.39 is 0 Å². The van der Waals surface area contributed by atoms with Crippen LogP contribution in [0.2, 0.25) is 0 Å². The summed E-state index contributed by atoms with van der Waals surface area (Å²) in [5, 5.41) is 31.2. The molecule has 0 unspecified atom stereocenters. The maximum Gasteiger partial charge on any atom is 0.166 e. The fourth-order valence-corrected chi connectivity index (χ4v) is 25.8. The Balaban J connectivity index is 0.000000102. The third-order valence-electron chi connectivity index (χ3n) is 31.1. The number of nitrogens with zero attached hydrogens (tertiary/aromatic N) is 11. The highest BCUT2D eigenvalue weighted by molar-refractivity contribution is 7.26. The standard InChI is InChI=1S/2C48H32N4.C38H21N3S/c1-48(2)37-24-12-22-35-33-20-9-10-21-34(33)36-23-13-25-39-42(36)44-40(27-26-38(48)43(44)41(35)37)52(39)32-19-11-18-31(28-32)47-50-45(29-14-5-3-6-15-29)49-46(51-47)30-16-7-4-8-17-30;1-48(2)36-24-13-22-33-31-19-9-10-20-32(31)34-23-14-26-39-42(34)44-40(28-27-37(48)43(44)41(33)36)52(39)38-25-12-11-21-35(38)47-50-45(29-15-5-3-6-16-29)49-46(51-47)30-17-7-4-8-18-30;1-2-10-22(11-3-1)37-38(40-28-17-7-6-16-27(28)39-37)41-29-18-8-14-25-23-12-4-5-13-24(23)26-15-9-19-31-34(26)36-32(42-31)21-20-30(41)35(36)33(25)29/h2*3-28H,1-2H3;1-21H. The van der Waals surface area contributed by atoms with E-state index in [9.17, 15) is 0 Å². The van der Waals surface area contributed by atoms with Crippen LogP contribution in [0.25, 0.3) is 280 Å². The second-order valence-corrected chi connectivity index (χ2v) is 40.8. The lowest BCUT2D eigenvalue weighted by atomic mass is 9.81. The quantitative estimate of drug-likeness (QED) is 0.133. The summed E-state index contributed by atoms with van der Waals surface area (Å²) in [7, 11) is 0. The molecule has 0 radical (unpaired) electrons. The lowest BCUT2D eigenvalue weighted by Gasteiger charge is -2.22. The van der Waals surface area contributed by atoms with Crippen molar-refractivity contribution in [3.8, 4) is 96.8 Å². The maximum atomic E-state index is 5.34. The van der Waals surface area contributed by atoms with Gasteiger partial charge >= 0.3 is 0 Å². The first-order valence-corrected chi connectivity index (χ1v) is 50.8. The van der Waals surface area contributed by atoms with Crippen LogP contribution in [0.4, 0.5) is 0 Å². The molecule has 0 spiro atoms. The fourth-order valence-electron chi connectivity index (χ4n) is 24.7. The Morgan fingerprint density at radius 1 is 0.192 bits per heavy atom. The minimum Gasteiger partial charge on any atom is -0.309 e. The van der Waals surface area contributed by atoms with Gasteiger partial charge in [0, 0.05) is 108 Å². The highest BCUT2D eigenvalue weighted by atomic mass is 32.1. The van der Waals surface area contributed by atoms with Crippen molar-refractivity contribution < 1.29 is 0 Å². The van der Waals surface area contributed by atoms with Gasteiger partial charge in [0.15, 0.2) is 40.8 Å². The molecule has 0 fully saturated rings. The summed E-state index contributed by atoms with van der Waals surface area (Å²) in [6, 6.07) is 158. The zero-order valence-corrected chi connectivity index (χ0v) is 80.8. The molecule has 0 amide bonds. The van der Waals surface area contributed by atoms with Gasteiger partial charge in [-0.25, -0.2) is 39.9 Å². The van der Waals surface area contributed by atoms with Gasteiger partial charge in [-0.3, -0.25) is 4.57 Å². The van der Waals surface area contributed by atoms with Crippen LogP contribution in [-0.4, -0.2) is 53.6 Å². The Morgan fingerprint density at radius 3 is 0.986 bits per heavy atom. The van der Waals surface area contributed by atoms with E-state index >= 15 is 0 Å². The number of hydrogen-bond donors (Lipinski definition) is 0. The van der Waals surface area contributed by atoms with Gasteiger partial charge in [0.1, 0.15) is 5.69 Å². The van der Waals surface area contributed by atoms with Gasteiger partial charge in [-0.1, -0.05) is 386 Å². The molecule has 7 aromatic heterocycles. The third kappa shape index (κ3) is 12.3. The molecule has 2 aliphatic carbocycles. The third-order valence-corrected chi connectivity index (χ3v) is 32.3. The van der Waals surface area contributed by atoms with Crippen LogP contribution in [0.3, 0.4) is 0 Å². The molecule has 12 heteroatoms. The van der Waals surface area contributed by atoms with Crippen molar-refractivity contribution in [2.45, 2.75) is 38.5 Å². The van der Waals surface area contributed by atoms with E-state index in [0.717, 1.165) is 89.4 Å². The monoisotopic (exact) mass is 1880 g/mol. The molecule has 30 aromatic rings. The van der Waals surface area contributed by atoms with E-state index in [0.29, 0.717) is 34.9 Å². The van der Waals surface area contributed by atoms with Gasteiger partial charge in [-0.15, -0.1) is 11.3 Å². The molecule has 0 aliphatic heterocycles. The van der Waals surface area contributed by atoms with Crippen LogP contribution in [0.15, 0.2) is 443 Å². The first-order valence-electron chi connectivity index (χ1n) is 50.0. The van der Waals surface area contributed by atoms with Gasteiger partial charge in [0.05, 0.1) is 49.8 Å². The smallest absolute Gasteiger partial charge is 0.166 e. The molecular weight excluding hydrogens is 1800 g/mol. The summed E-state index contributed by atoms with van der Waals surface area (Å²) in [6.45, 7) is 9.51. The molecule has 0 saturated carbocycles. The highest BCUT2D eigenvalue weighted by Crippen LogP contribution is 2.58. The second-order valence-electron chi connectivity index (χ2n) is 39.7. The largest absolute Gasteiger partial charge is 0.309 e. The molecule has 2 aliphatic rings. The van der Waals surface area contributed by atoms with Crippen LogP contribution < -0.4 is 0 Å². The number of hydrogen-bond acceptors (Lipinski definition) is 9. The summed E-state index contributed by atoms with van der Waals surface area (Å²) >= 11 is 1.88. The van der Waals surface area contributed by atoms with Crippen LogP contribution >= 0.6 is 11.3 Å². The van der Waals surface area contributed by atoms with E-state index in [4.69, 9.17) is 39.9 Å². The zero-order chi connectivity index (χ0) is 96.5. The number of benzene rings is 20. The predicted octanol–water partition coefficient (Wildman–Crippen LogP) is 34.6. The summed E-state index contributed by atoms with van der Waals surface area (Å²) in [5.41, 5.74) is 23.8. The lowest BCUT2D eigenvalue weighted by molar-refractivity contribution is 0.663. The highest BCUT2D eigenvalue weighted by Gasteiger charge is 2.39. The molecule has 0 atom stereocenters. The second kappa shape index (κ2) is 31.9. The van der Waals surface area contributed by atoms with E-state index in [-0.39, 0.29) is 10.8 Å². The topological polar surface area (TPSA) is 118 Å². The fraction of sp³-hybridized carbons (Fsp3) is 0.0448. The summed E-state index contributed by atoms with van der Waals surface area (Å²) in [6.07, 6.45) is 0. The van der Waals surface area contributed by atoms with Crippen molar-refractivity contribution in [3.05, 3.63) is 465 Å². The van der Waals surface area contributed by atoms with Crippen molar-refractivity contribution in [1.82, 2.24) is 53.6 Å². The molecular formula is C134H85N11S. The van der Waals surface area contributed by atoms with Crippen molar-refractivity contribution >= 4 is 194 Å². The Hall–Kier alpha value is -18.6. The summed E-state index contributed by atoms with van der Waals surface area (Å²) < 4.78 is 9.87. The molecule has 32 rings (SSSR count).